The third-order valence-electron chi connectivity index (χ3n) is 2.10. The van der Waals surface area contributed by atoms with Crippen molar-refractivity contribution in [3.05, 3.63) is 51.2 Å². The molecule has 0 unspecified atom stereocenters. The van der Waals surface area contributed by atoms with Gasteiger partial charge >= 0.3 is 0 Å². The Morgan fingerprint density at radius 2 is 1.81 bits per heavy atom. The maximum Gasteiger partial charge on any atom is 0.132 e. The van der Waals surface area contributed by atoms with Gasteiger partial charge < -0.3 is 0 Å². The van der Waals surface area contributed by atoms with E-state index in [0.29, 0.717) is 17.1 Å². The van der Waals surface area contributed by atoms with Crippen LogP contribution in [0.5, 0.6) is 0 Å². The molecule has 0 amide bonds. The smallest absolute Gasteiger partial charge is 0.132 e. The summed E-state index contributed by atoms with van der Waals surface area (Å²) in [5.74, 6) is -2.65. The molecule has 0 spiro atoms. The molecular weight excluding hydrogens is 235 g/mol. The molecule has 0 atom stereocenters. The Balaban J connectivity index is 2.34. The fraction of sp³-hybridized carbons (Fsp3) is 0.182. The van der Waals surface area contributed by atoms with Crippen molar-refractivity contribution in [2.24, 2.45) is 0 Å². The van der Waals surface area contributed by atoms with E-state index < -0.39 is 17.5 Å². The maximum atomic E-state index is 13.3. The second kappa shape index (κ2) is 4.25. The van der Waals surface area contributed by atoms with Gasteiger partial charge in [0.05, 0.1) is 5.01 Å². The SMILES string of the molecule is Cc1cnc(Cc2c(F)cc(F)cc2F)s1. The molecule has 1 aromatic heterocycles. The summed E-state index contributed by atoms with van der Waals surface area (Å²) in [6.45, 7) is 1.86. The standard InChI is InChI=1S/C11H8F3NS/c1-6-5-15-11(16-6)4-8-9(13)2-7(12)3-10(8)14/h2-3,5H,4H2,1H3. The van der Waals surface area contributed by atoms with Gasteiger partial charge in [0.25, 0.3) is 0 Å². The molecule has 0 bridgehead atoms. The van der Waals surface area contributed by atoms with E-state index in [2.05, 4.69) is 4.98 Å². The van der Waals surface area contributed by atoms with Gasteiger partial charge in [0.2, 0.25) is 0 Å². The number of nitrogens with zero attached hydrogens (tertiary/aromatic N) is 1. The van der Waals surface area contributed by atoms with Gasteiger partial charge in [0.15, 0.2) is 0 Å². The first-order chi connectivity index (χ1) is 7.56. The zero-order chi connectivity index (χ0) is 11.7. The van der Waals surface area contributed by atoms with Crippen LogP contribution in [0.3, 0.4) is 0 Å². The van der Waals surface area contributed by atoms with E-state index >= 15 is 0 Å². The molecule has 16 heavy (non-hydrogen) atoms. The van der Waals surface area contributed by atoms with Crippen LogP contribution in [0.4, 0.5) is 13.2 Å². The van der Waals surface area contributed by atoms with Crippen LogP contribution in [0.25, 0.3) is 0 Å². The number of thiazole rings is 1. The highest BCUT2D eigenvalue weighted by molar-refractivity contribution is 7.11. The zero-order valence-corrected chi connectivity index (χ0v) is 9.25. The molecule has 0 saturated carbocycles. The summed E-state index contributed by atoms with van der Waals surface area (Å²) in [5, 5.41) is 0.613. The molecule has 5 heteroatoms. The Morgan fingerprint density at radius 1 is 1.19 bits per heavy atom. The van der Waals surface area contributed by atoms with Crippen LogP contribution in [0.1, 0.15) is 15.4 Å². The van der Waals surface area contributed by atoms with E-state index in [4.69, 9.17) is 0 Å². The van der Waals surface area contributed by atoms with Gasteiger partial charge in [-0.3, -0.25) is 0 Å². The lowest BCUT2D eigenvalue weighted by atomic mass is 10.1. The van der Waals surface area contributed by atoms with Crippen molar-refractivity contribution in [3.63, 3.8) is 0 Å². The number of halogens is 3. The van der Waals surface area contributed by atoms with E-state index in [-0.39, 0.29) is 12.0 Å². The third kappa shape index (κ3) is 2.24. The molecule has 0 aliphatic rings. The molecule has 0 aliphatic carbocycles. The topological polar surface area (TPSA) is 12.9 Å². The first kappa shape index (κ1) is 11.1. The zero-order valence-electron chi connectivity index (χ0n) is 8.43. The summed E-state index contributed by atoms with van der Waals surface area (Å²) < 4.78 is 39.3. The number of hydrogen-bond acceptors (Lipinski definition) is 2. The van der Waals surface area contributed by atoms with Crippen molar-refractivity contribution >= 4 is 11.3 Å². The molecule has 2 rings (SSSR count). The number of aromatic nitrogens is 1. The van der Waals surface area contributed by atoms with Gasteiger partial charge in [-0.2, -0.15) is 0 Å². The lowest BCUT2D eigenvalue weighted by molar-refractivity contribution is 0.527. The molecule has 1 aromatic carbocycles. The average Bonchev–Trinajstić information content (AvgIpc) is 2.58. The van der Waals surface area contributed by atoms with Crippen LogP contribution >= 0.6 is 11.3 Å². The van der Waals surface area contributed by atoms with Crippen molar-refractivity contribution in [1.29, 1.82) is 0 Å². The number of hydrogen-bond donors (Lipinski definition) is 0. The van der Waals surface area contributed by atoms with Crippen LogP contribution in [-0.2, 0) is 6.42 Å². The summed E-state index contributed by atoms with van der Waals surface area (Å²) >= 11 is 1.37. The van der Waals surface area contributed by atoms with Gasteiger partial charge in [-0.15, -0.1) is 11.3 Å². The van der Waals surface area contributed by atoms with Crippen LogP contribution in [0.2, 0.25) is 0 Å². The normalized spacial score (nSPS) is 10.8. The highest BCUT2D eigenvalue weighted by Crippen LogP contribution is 2.21. The summed E-state index contributed by atoms with van der Waals surface area (Å²) in [6, 6.07) is 1.36. The van der Waals surface area contributed by atoms with Gasteiger partial charge in [-0.25, -0.2) is 18.2 Å². The van der Waals surface area contributed by atoms with E-state index in [1.807, 2.05) is 6.92 Å². The van der Waals surface area contributed by atoms with Gasteiger partial charge in [0.1, 0.15) is 17.5 Å². The van der Waals surface area contributed by atoms with E-state index in [0.717, 1.165) is 4.88 Å². The Morgan fingerprint density at radius 3 is 2.31 bits per heavy atom. The quantitative estimate of drug-likeness (QED) is 0.787. The monoisotopic (exact) mass is 243 g/mol. The van der Waals surface area contributed by atoms with Gasteiger partial charge in [-0.1, -0.05) is 0 Å². The Kier molecular flexibility index (Phi) is 2.96. The molecule has 0 saturated heterocycles. The first-order valence-electron chi connectivity index (χ1n) is 4.61. The number of benzene rings is 1. The summed E-state index contributed by atoms with van der Waals surface area (Å²) in [6.07, 6.45) is 1.69. The lowest BCUT2D eigenvalue weighted by Gasteiger charge is -2.02. The molecule has 1 heterocycles. The van der Waals surface area contributed by atoms with Crippen LogP contribution in [0, 0.1) is 24.4 Å². The highest BCUT2D eigenvalue weighted by atomic mass is 32.1. The lowest BCUT2D eigenvalue weighted by Crippen LogP contribution is -1.98. The Hall–Kier alpha value is -1.36. The molecule has 1 nitrogen and oxygen atoms in total. The Bertz CT molecular complexity index is 499. The molecule has 0 fully saturated rings. The molecule has 2 aromatic rings. The highest BCUT2D eigenvalue weighted by Gasteiger charge is 2.13. The third-order valence-corrected chi connectivity index (χ3v) is 3.02. The minimum absolute atomic E-state index is 0.0520. The second-order valence-corrected chi connectivity index (χ2v) is 4.71. The fourth-order valence-corrected chi connectivity index (χ4v) is 2.17. The molecule has 84 valence electrons. The molecule has 0 N–H and O–H groups in total. The summed E-state index contributed by atoms with van der Waals surface area (Å²) in [5.41, 5.74) is -0.143. The van der Waals surface area contributed by atoms with E-state index in [1.54, 1.807) is 6.20 Å². The van der Waals surface area contributed by atoms with Crippen molar-refractivity contribution in [2.45, 2.75) is 13.3 Å². The maximum absolute atomic E-state index is 13.3. The predicted octanol–water partition coefficient (Wildman–Crippen LogP) is 3.46. The van der Waals surface area contributed by atoms with E-state index in [1.165, 1.54) is 11.3 Å². The molecular formula is C11H8F3NS. The van der Waals surface area contributed by atoms with Crippen LogP contribution < -0.4 is 0 Å². The summed E-state index contributed by atoms with van der Waals surface area (Å²) in [4.78, 5) is 4.98. The van der Waals surface area contributed by atoms with Crippen LogP contribution in [0.15, 0.2) is 18.3 Å². The first-order valence-corrected chi connectivity index (χ1v) is 5.42. The number of rotatable bonds is 2. The fourth-order valence-electron chi connectivity index (χ4n) is 1.38. The second-order valence-electron chi connectivity index (χ2n) is 3.39. The van der Waals surface area contributed by atoms with Crippen molar-refractivity contribution < 1.29 is 13.2 Å². The van der Waals surface area contributed by atoms with Gasteiger partial charge in [-0.05, 0) is 6.92 Å². The van der Waals surface area contributed by atoms with Crippen molar-refractivity contribution in [2.75, 3.05) is 0 Å². The van der Waals surface area contributed by atoms with E-state index in [9.17, 15) is 13.2 Å². The predicted molar refractivity (Wildman–Crippen MR) is 56.0 cm³/mol. The van der Waals surface area contributed by atoms with Crippen LogP contribution in [-0.4, -0.2) is 4.98 Å². The largest absolute Gasteiger partial charge is 0.249 e. The van der Waals surface area contributed by atoms with Crippen molar-refractivity contribution in [3.8, 4) is 0 Å². The summed E-state index contributed by atoms with van der Waals surface area (Å²) in [7, 11) is 0. The van der Waals surface area contributed by atoms with Crippen molar-refractivity contribution in [1.82, 2.24) is 4.98 Å². The molecule has 0 aliphatic heterocycles. The number of aryl methyl sites for hydroxylation is 1. The minimum atomic E-state index is -0.908. The average molecular weight is 243 g/mol. The molecule has 0 radical (unpaired) electrons. The minimum Gasteiger partial charge on any atom is -0.249 e. The van der Waals surface area contributed by atoms with Gasteiger partial charge in [0, 0.05) is 35.2 Å². The Labute approximate surface area is 94.6 Å².